The van der Waals surface area contributed by atoms with Gasteiger partial charge in [0.1, 0.15) is 12.2 Å². The third-order valence-electron chi connectivity index (χ3n) is 8.26. The molecule has 0 aliphatic rings. The number of hydrogen-bond donors (Lipinski definition) is 1. The van der Waals surface area contributed by atoms with Crippen LogP contribution in [0.3, 0.4) is 0 Å². The molecule has 0 heterocycles. The molecule has 2 N–H and O–H groups in total. The van der Waals surface area contributed by atoms with Gasteiger partial charge in [-0.05, 0) is 25.7 Å². The molecule has 0 saturated heterocycles. The first-order valence-electron chi connectivity index (χ1n) is 18.2. The van der Waals surface area contributed by atoms with E-state index in [1.807, 2.05) is 0 Å². The van der Waals surface area contributed by atoms with E-state index in [-0.39, 0.29) is 19.0 Å². The lowest BCUT2D eigenvalue weighted by Gasteiger charge is -2.13. The zero-order valence-corrected chi connectivity index (χ0v) is 28.0. The molecular weight excluding hydrogens is 529 g/mol. The molecule has 0 amide bonds. The third-order valence-corrected chi connectivity index (χ3v) is 8.26. The van der Waals surface area contributed by atoms with Crippen LogP contribution in [0.4, 0.5) is 4.39 Å². The minimum absolute atomic E-state index is 0.0518. The van der Waals surface area contributed by atoms with Gasteiger partial charge >= 0.3 is 11.9 Å². The predicted molar refractivity (Wildman–Crippen MR) is 175 cm³/mol. The topological polar surface area (TPSA) is 78.6 Å². The van der Waals surface area contributed by atoms with Crippen molar-refractivity contribution in [1.29, 1.82) is 0 Å². The van der Waals surface area contributed by atoms with E-state index in [1.165, 1.54) is 77.0 Å². The van der Waals surface area contributed by atoms with Gasteiger partial charge in [-0.3, -0.25) is 9.59 Å². The Morgan fingerprint density at radius 3 is 1.50 bits per heavy atom. The van der Waals surface area contributed by atoms with Crippen LogP contribution >= 0.6 is 0 Å². The Morgan fingerprint density at radius 1 is 0.524 bits per heavy atom. The molecular formula is C36H70FNO4. The number of rotatable bonds is 33. The van der Waals surface area contributed by atoms with Crippen LogP contribution in [0.15, 0.2) is 0 Å². The van der Waals surface area contributed by atoms with Gasteiger partial charge in [-0.25, -0.2) is 4.39 Å². The van der Waals surface area contributed by atoms with Crippen molar-refractivity contribution in [3.63, 3.8) is 0 Å². The van der Waals surface area contributed by atoms with Crippen LogP contribution < -0.4 is 5.73 Å². The maximum absolute atomic E-state index is 13.7. The average Bonchev–Trinajstić information content (AvgIpc) is 2.98. The second-order valence-electron chi connectivity index (χ2n) is 12.5. The lowest BCUT2D eigenvalue weighted by Crippen LogP contribution is -2.32. The molecule has 0 bridgehead atoms. The first-order chi connectivity index (χ1) is 20.5. The van der Waals surface area contributed by atoms with Crippen molar-refractivity contribution in [2.24, 2.45) is 5.73 Å². The molecule has 0 aliphatic heterocycles. The van der Waals surface area contributed by atoms with Crippen molar-refractivity contribution in [2.75, 3.05) is 13.2 Å². The second-order valence-corrected chi connectivity index (χ2v) is 12.5. The minimum Gasteiger partial charge on any atom is -0.466 e. The molecule has 0 aromatic carbocycles. The highest BCUT2D eigenvalue weighted by Gasteiger charge is 2.15. The van der Waals surface area contributed by atoms with E-state index in [1.54, 1.807) is 0 Å². The molecule has 0 fully saturated rings. The SMILES string of the molecule is CCCCCCCCCCCCCCCCOC(=O)CCCCCCCCCC(N)C(=O)OCCC(F)CCCCC. The molecule has 6 heteroatoms. The Kier molecular flexibility index (Phi) is 31.8. The highest BCUT2D eigenvalue weighted by atomic mass is 19.1. The third kappa shape index (κ3) is 30.3. The summed E-state index contributed by atoms with van der Waals surface area (Å²) < 4.78 is 24.3. The van der Waals surface area contributed by atoms with Crippen LogP contribution in [-0.4, -0.2) is 37.4 Å². The predicted octanol–water partition coefficient (Wildman–Crippen LogP) is 10.7. The number of nitrogens with two attached hydrogens (primary N) is 1. The van der Waals surface area contributed by atoms with Crippen molar-refractivity contribution in [3.8, 4) is 0 Å². The Hall–Kier alpha value is -1.17. The summed E-state index contributed by atoms with van der Waals surface area (Å²) in [6, 6.07) is -0.612. The Labute approximate surface area is 260 Å². The molecule has 0 rings (SSSR count). The van der Waals surface area contributed by atoms with Gasteiger partial charge in [0.05, 0.1) is 13.2 Å². The zero-order valence-electron chi connectivity index (χ0n) is 28.0. The molecule has 42 heavy (non-hydrogen) atoms. The smallest absolute Gasteiger partial charge is 0.322 e. The van der Waals surface area contributed by atoms with E-state index in [4.69, 9.17) is 15.2 Å². The monoisotopic (exact) mass is 600 g/mol. The van der Waals surface area contributed by atoms with Gasteiger partial charge in [0.15, 0.2) is 0 Å². The molecule has 0 saturated carbocycles. The molecule has 0 aromatic rings. The standard InChI is InChI=1S/C36H70FNO4/c1-3-5-7-8-9-10-11-12-13-14-15-19-22-26-31-41-35(39)29-25-21-18-16-17-20-24-28-34(38)36(40)42-32-30-33(37)27-23-6-4-2/h33-34H,3-32,38H2,1-2H3. The van der Waals surface area contributed by atoms with Crippen LogP contribution in [0.25, 0.3) is 0 Å². The number of ether oxygens (including phenoxy) is 2. The van der Waals surface area contributed by atoms with Crippen molar-refractivity contribution in [2.45, 2.75) is 206 Å². The fraction of sp³-hybridized carbons (Fsp3) is 0.944. The number of carbonyl (C=O) groups excluding carboxylic acids is 2. The van der Waals surface area contributed by atoms with Crippen LogP contribution in [0, 0.1) is 0 Å². The fourth-order valence-corrected chi connectivity index (χ4v) is 5.34. The normalized spacial score (nSPS) is 12.8. The number of hydrogen-bond acceptors (Lipinski definition) is 5. The van der Waals surface area contributed by atoms with Gasteiger partial charge in [0, 0.05) is 12.8 Å². The molecule has 250 valence electrons. The number of carbonyl (C=O) groups is 2. The van der Waals surface area contributed by atoms with Gasteiger partial charge in [-0.2, -0.15) is 0 Å². The molecule has 0 aromatic heterocycles. The lowest BCUT2D eigenvalue weighted by atomic mass is 10.0. The first kappa shape index (κ1) is 40.8. The maximum atomic E-state index is 13.7. The van der Waals surface area contributed by atoms with Crippen molar-refractivity contribution < 1.29 is 23.5 Å². The van der Waals surface area contributed by atoms with Gasteiger partial charge in [0.25, 0.3) is 0 Å². The zero-order chi connectivity index (χ0) is 30.9. The minimum atomic E-state index is -0.898. The van der Waals surface area contributed by atoms with Crippen LogP contribution in [-0.2, 0) is 19.1 Å². The highest BCUT2D eigenvalue weighted by molar-refractivity contribution is 5.75. The average molecular weight is 600 g/mol. The summed E-state index contributed by atoms with van der Waals surface area (Å²) in [4.78, 5) is 23.9. The van der Waals surface area contributed by atoms with E-state index in [0.717, 1.165) is 77.0 Å². The molecule has 5 nitrogen and oxygen atoms in total. The van der Waals surface area contributed by atoms with E-state index < -0.39 is 18.2 Å². The summed E-state index contributed by atoms with van der Waals surface area (Å²) in [5.74, 6) is -0.462. The fourth-order valence-electron chi connectivity index (χ4n) is 5.34. The number of unbranched alkanes of at least 4 members (excludes halogenated alkanes) is 21. The number of esters is 2. The largest absolute Gasteiger partial charge is 0.466 e. The second kappa shape index (κ2) is 32.7. The molecule has 2 atom stereocenters. The summed E-state index contributed by atoms with van der Waals surface area (Å²) in [5.41, 5.74) is 5.93. The first-order valence-corrected chi connectivity index (χ1v) is 18.2. The summed E-state index contributed by atoms with van der Waals surface area (Å²) in [6.07, 6.45) is 29.9. The molecule has 0 spiro atoms. The van der Waals surface area contributed by atoms with Crippen LogP contribution in [0.2, 0.25) is 0 Å². The van der Waals surface area contributed by atoms with E-state index in [0.29, 0.717) is 25.9 Å². The van der Waals surface area contributed by atoms with Crippen LogP contribution in [0.1, 0.15) is 194 Å². The van der Waals surface area contributed by atoms with E-state index >= 15 is 0 Å². The Bertz CT molecular complexity index is 589. The lowest BCUT2D eigenvalue weighted by molar-refractivity contribution is -0.146. The van der Waals surface area contributed by atoms with Gasteiger partial charge in [-0.15, -0.1) is 0 Å². The quantitative estimate of drug-likeness (QED) is 0.0599. The highest BCUT2D eigenvalue weighted by Crippen LogP contribution is 2.14. The number of halogens is 1. The van der Waals surface area contributed by atoms with Crippen molar-refractivity contribution in [3.05, 3.63) is 0 Å². The Balaban J connectivity index is 3.37. The summed E-state index contributed by atoms with van der Waals surface area (Å²) in [6.45, 7) is 5.06. The van der Waals surface area contributed by atoms with Gasteiger partial charge in [-0.1, -0.05) is 155 Å². The molecule has 0 aliphatic carbocycles. The summed E-state index contributed by atoms with van der Waals surface area (Å²) >= 11 is 0. The van der Waals surface area contributed by atoms with E-state index in [9.17, 15) is 14.0 Å². The van der Waals surface area contributed by atoms with Gasteiger partial charge in [0.2, 0.25) is 0 Å². The molecule has 2 unspecified atom stereocenters. The summed E-state index contributed by atoms with van der Waals surface area (Å²) in [7, 11) is 0. The maximum Gasteiger partial charge on any atom is 0.322 e. The van der Waals surface area contributed by atoms with E-state index in [2.05, 4.69) is 13.8 Å². The number of alkyl halides is 1. The van der Waals surface area contributed by atoms with Crippen molar-refractivity contribution in [1.82, 2.24) is 0 Å². The van der Waals surface area contributed by atoms with Crippen molar-refractivity contribution >= 4 is 11.9 Å². The van der Waals surface area contributed by atoms with Crippen LogP contribution in [0.5, 0.6) is 0 Å². The summed E-state index contributed by atoms with van der Waals surface area (Å²) in [5, 5.41) is 0. The Morgan fingerprint density at radius 2 is 0.952 bits per heavy atom. The van der Waals surface area contributed by atoms with Gasteiger partial charge < -0.3 is 15.2 Å². The molecule has 0 radical (unpaired) electrons.